The van der Waals surface area contributed by atoms with Gasteiger partial charge in [-0.05, 0) is 31.0 Å². The number of aromatic nitrogens is 1. The van der Waals surface area contributed by atoms with Gasteiger partial charge < -0.3 is 4.90 Å². The van der Waals surface area contributed by atoms with Crippen LogP contribution >= 0.6 is 22.9 Å². The Labute approximate surface area is 156 Å². The average molecular weight is 378 g/mol. The number of carbonyl (C=O) groups excluding carboxylic acids is 2. The third-order valence-corrected chi connectivity index (χ3v) is 5.63. The average Bonchev–Trinajstić information content (AvgIpc) is 3.22. The molecule has 0 saturated carbocycles. The maximum atomic E-state index is 12.6. The molecule has 1 aromatic heterocycles. The number of likely N-dealkylation sites (N-methyl/N-ethyl adjacent to an activating group) is 1. The van der Waals surface area contributed by atoms with Crippen LogP contribution in [0.2, 0.25) is 5.02 Å². The second-order valence-corrected chi connectivity index (χ2v) is 7.46. The molecule has 7 heteroatoms. The van der Waals surface area contributed by atoms with E-state index >= 15 is 0 Å². The van der Waals surface area contributed by atoms with E-state index in [9.17, 15) is 9.59 Å². The topological polar surface area (TPSA) is 53.5 Å². The molecule has 132 valence electrons. The first-order valence-electron chi connectivity index (χ1n) is 8.21. The van der Waals surface area contributed by atoms with Gasteiger partial charge in [0.15, 0.2) is 5.13 Å². The van der Waals surface area contributed by atoms with E-state index in [4.69, 9.17) is 11.6 Å². The Morgan fingerprint density at radius 1 is 1.48 bits per heavy atom. The molecule has 1 fully saturated rings. The molecule has 0 N–H and O–H groups in total. The molecule has 5 nitrogen and oxygen atoms in total. The normalized spacial score (nSPS) is 15.5. The molecule has 25 heavy (non-hydrogen) atoms. The summed E-state index contributed by atoms with van der Waals surface area (Å²) in [5, 5.41) is 3.21. The van der Waals surface area contributed by atoms with Crippen molar-refractivity contribution in [3.8, 4) is 0 Å². The van der Waals surface area contributed by atoms with Gasteiger partial charge in [0.2, 0.25) is 11.8 Å². The standard InChI is InChI=1S/C18H20ClN3O2S/c1-12(13-5-3-6-14(19)9-13)21(2)17(24)10-15-11-25-18(20-15)22-8-4-7-16(22)23/h3,5-6,9,11-12H,4,7-8,10H2,1-2H3. The van der Waals surface area contributed by atoms with Crippen molar-refractivity contribution in [1.82, 2.24) is 9.88 Å². The van der Waals surface area contributed by atoms with Gasteiger partial charge in [-0.1, -0.05) is 23.7 Å². The number of nitrogens with zero attached hydrogens (tertiary/aromatic N) is 3. The van der Waals surface area contributed by atoms with E-state index in [1.54, 1.807) is 16.8 Å². The highest BCUT2D eigenvalue weighted by atomic mass is 35.5. The lowest BCUT2D eigenvalue weighted by Crippen LogP contribution is -2.31. The second-order valence-electron chi connectivity index (χ2n) is 6.18. The Kier molecular flexibility index (Phi) is 5.39. The molecule has 0 radical (unpaired) electrons. The molecule has 1 atom stereocenters. The molecule has 1 aliphatic rings. The molecule has 0 spiro atoms. The van der Waals surface area contributed by atoms with E-state index in [0.717, 1.165) is 12.0 Å². The lowest BCUT2D eigenvalue weighted by atomic mass is 10.1. The summed E-state index contributed by atoms with van der Waals surface area (Å²) in [6.07, 6.45) is 1.67. The van der Waals surface area contributed by atoms with Gasteiger partial charge in [0.1, 0.15) is 0 Å². The maximum absolute atomic E-state index is 12.6. The van der Waals surface area contributed by atoms with Crippen LogP contribution < -0.4 is 4.90 Å². The predicted molar refractivity (Wildman–Crippen MR) is 100 cm³/mol. The van der Waals surface area contributed by atoms with E-state index < -0.39 is 0 Å². The summed E-state index contributed by atoms with van der Waals surface area (Å²) in [4.78, 5) is 32.3. The molecule has 1 saturated heterocycles. The largest absolute Gasteiger partial charge is 0.339 e. The van der Waals surface area contributed by atoms with Gasteiger partial charge in [-0.15, -0.1) is 11.3 Å². The van der Waals surface area contributed by atoms with Crippen LogP contribution in [0.25, 0.3) is 0 Å². The molecule has 0 aliphatic carbocycles. The second kappa shape index (κ2) is 7.54. The van der Waals surface area contributed by atoms with Crippen molar-refractivity contribution in [2.45, 2.75) is 32.2 Å². The van der Waals surface area contributed by atoms with Gasteiger partial charge in [-0.2, -0.15) is 0 Å². The molecular formula is C18H20ClN3O2S. The number of halogens is 1. The van der Waals surface area contributed by atoms with Crippen LogP contribution in [0.15, 0.2) is 29.6 Å². The van der Waals surface area contributed by atoms with Gasteiger partial charge in [-0.3, -0.25) is 14.5 Å². The number of benzene rings is 1. The van der Waals surface area contributed by atoms with Crippen LogP contribution in [0, 0.1) is 0 Å². The molecule has 2 heterocycles. The van der Waals surface area contributed by atoms with Crippen molar-refractivity contribution in [2.75, 3.05) is 18.5 Å². The van der Waals surface area contributed by atoms with Crippen LogP contribution in [0.3, 0.4) is 0 Å². The minimum Gasteiger partial charge on any atom is -0.339 e. The van der Waals surface area contributed by atoms with Crippen LogP contribution in [-0.4, -0.2) is 35.3 Å². The summed E-state index contributed by atoms with van der Waals surface area (Å²) in [6.45, 7) is 2.68. The van der Waals surface area contributed by atoms with Crippen molar-refractivity contribution in [1.29, 1.82) is 0 Å². The number of hydrogen-bond acceptors (Lipinski definition) is 4. The monoisotopic (exact) mass is 377 g/mol. The Hall–Kier alpha value is -1.92. The zero-order valence-corrected chi connectivity index (χ0v) is 15.8. The lowest BCUT2D eigenvalue weighted by Gasteiger charge is -2.25. The quantitative estimate of drug-likeness (QED) is 0.798. The number of anilines is 1. The lowest BCUT2D eigenvalue weighted by molar-refractivity contribution is -0.131. The maximum Gasteiger partial charge on any atom is 0.228 e. The van der Waals surface area contributed by atoms with Gasteiger partial charge in [0, 0.05) is 30.4 Å². The Balaban J connectivity index is 1.65. The molecule has 1 aromatic carbocycles. The number of carbonyl (C=O) groups is 2. The minimum atomic E-state index is -0.0792. The third kappa shape index (κ3) is 4.02. The van der Waals surface area contributed by atoms with Gasteiger partial charge in [0.25, 0.3) is 0 Å². The fraction of sp³-hybridized carbons (Fsp3) is 0.389. The van der Waals surface area contributed by atoms with E-state index in [1.165, 1.54) is 11.3 Å². The first-order valence-corrected chi connectivity index (χ1v) is 9.47. The highest BCUT2D eigenvalue weighted by Gasteiger charge is 2.25. The molecule has 2 aromatic rings. The van der Waals surface area contributed by atoms with Gasteiger partial charge >= 0.3 is 0 Å². The molecule has 1 unspecified atom stereocenters. The van der Waals surface area contributed by atoms with Crippen molar-refractivity contribution < 1.29 is 9.59 Å². The van der Waals surface area contributed by atoms with E-state index in [1.807, 2.05) is 36.6 Å². The molecule has 2 amide bonds. The third-order valence-electron chi connectivity index (χ3n) is 4.48. The highest BCUT2D eigenvalue weighted by molar-refractivity contribution is 7.14. The first kappa shape index (κ1) is 17.9. The van der Waals surface area contributed by atoms with Crippen molar-refractivity contribution in [3.63, 3.8) is 0 Å². The molecule has 0 bridgehead atoms. The van der Waals surface area contributed by atoms with Crippen LogP contribution in [-0.2, 0) is 16.0 Å². The SMILES string of the molecule is CC(c1cccc(Cl)c1)N(C)C(=O)Cc1csc(N2CCCC2=O)n1. The van der Waals surface area contributed by atoms with E-state index in [-0.39, 0.29) is 24.3 Å². The Bertz CT molecular complexity index is 792. The zero-order valence-electron chi connectivity index (χ0n) is 14.2. The molecule has 1 aliphatic heterocycles. The number of hydrogen-bond donors (Lipinski definition) is 0. The minimum absolute atomic E-state index is 0.0166. The van der Waals surface area contributed by atoms with Gasteiger partial charge in [-0.25, -0.2) is 4.98 Å². The van der Waals surface area contributed by atoms with Gasteiger partial charge in [0.05, 0.1) is 18.2 Å². The van der Waals surface area contributed by atoms with E-state index in [0.29, 0.717) is 28.8 Å². The zero-order chi connectivity index (χ0) is 18.0. The molecular weight excluding hydrogens is 358 g/mol. The van der Waals surface area contributed by atoms with Crippen LogP contribution in [0.5, 0.6) is 0 Å². The van der Waals surface area contributed by atoms with Crippen LogP contribution in [0.1, 0.15) is 37.1 Å². The summed E-state index contributed by atoms with van der Waals surface area (Å²) in [7, 11) is 1.78. The number of amides is 2. The van der Waals surface area contributed by atoms with Crippen molar-refractivity contribution in [2.24, 2.45) is 0 Å². The first-order chi connectivity index (χ1) is 12.0. The smallest absolute Gasteiger partial charge is 0.228 e. The Morgan fingerprint density at radius 2 is 2.28 bits per heavy atom. The van der Waals surface area contributed by atoms with Crippen molar-refractivity contribution >= 4 is 39.9 Å². The Morgan fingerprint density at radius 3 is 2.96 bits per heavy atom. The number of rotatable bonds is 5. The summed E-state index contributed by atoms with van der Waals surface area (Å²) >= 11 is 7.45. The highest BCUT2D eigenvalue weighted by Crippen LogP contribution is 2.26. The van der Waals surface area contributed by atoms with Crippen molar-refractivity contribution in [3.05, 3.63) is 45.9 Å². The summed E-state index contributed by atoms with van der Waals surface area (Å²) < 4.78 is 0. The van der Waals surface area contributed by atoms with Crippen LogP contribution in [0.4, 0.5) is 5.13 Å². The molecule has 3 rings (SSSR count). The summed E-state index contributed by atoms with van der Waals surface area (Å²) in [5.41, 5.74) is 1.69. The summed E-state index contributed by atoms with van der Waals surface area (Å²) in [6, 6.07) is 7.45. The fourth-order valence-corrected chi connectivity index (χ4v) is 3.90. The number of thiazole rings is 1. The fourth-order valence-electron chi connectivity index (χ4n) is 2.84. The predicted octanol–water partition coefficient (Wildman–Crippen LogP) is 3.69. The summed E-state index contributed by atoms with van der Waals surface area (Å²) in [5.74, 6) is 0.0935. The van der Waals surface area contributed by atoms with E-state index in [2.05, 4.69) is 4.98 Å².